The molecule has 18 heavy (non-hydrogen) atoms. The lowest BCUT2D eigenvalue weighted by atomic mass is 10.2. The molecule has 0 aliphatic heterocycles. The minimum atomic E-state index is 0. The van der Waals surface area contributed by atoms with Crippen LogP contribution in [0, 0.1) is 13.8 Å². The van der Waals surface area contributed by atoms with Crippen molar-refractivity contribution in [1.82, 2.24) is 15.8 Å². The topological polar surface area (TPSA) is 62.5 Å². The lowest BCUT2D eigenvalue weighted by Gasteiger charge is -2.09. The highest BCUT2D eigenvalue weighted by Crippen LogP contribution is 2.18. The number of aliphatic imine (C=N–C) groups is 1. The van der Waals surface area contributed by atoms with Gasteiger partial charge in [0.05, 0.1) is 12.2 Å². The van der Waals surface area contributed by atoms with Crippen molar-refractivity contribution in [3.05, 3.63) is 17.0 Å². The number of rotatable bonds is 4. The predicted molar refractivity (Wildman–Crippen MR) is 82.4 cm³/mol. The van der Waals surface area contributed by atoms with Crippen molar-refractivity contribution in [1.29, 1.82) is 0 Å². The van der Waals surface area contributed by atoms with Crippen LogP contribution < -0.4 is 10.6 Å². The van der Waals surface area contributed by atoms with E-state index in [-0.39, 0.29) is 24.0 Å². The third-order valence-electron chi connectivity index (χ3n) is 2.84. The summed E-state index contributed by atoms with van der Waals surface area (Å²) in [5.41, 5.74) is 2.01. The molecule has 2 rings (SSSR count). The first-order chi connectivity index (χ1) is 8.20. The Balaban J connectivity index is 0.00000162. The zero-order chi connectivity index (χ0) is 12.3. The van der Waals surface area contributed by atoms with Crippen molar-refractivity contribution in [3.63, 3.8) is 0 Å². The largest absolute Gasteiger partial charge is 0.361 e. The van der Waals surface area contributed by atoms with Gasteiger partial charge in [0.1, 0.15) is 5.76 Å². The van der Waals surface area contributed by atoms with Crippen molar-refractivity contribution in [3.8, 4) is 0 Å². The van der Waals surface area contributed by atoms with E-state index < -0.39 is 0 Å². The highest BCUT2D eigenvalue weighted by molar-refractivity contribution is 14.0. The second-order valence-electron chi connectivity index (χ2n) is 4.42. The molecule has 0 saturated heterocycles. The molecule has 0 amide bonds. The van der Waals surface area contributed by atoms with E-state index in [0.717, 1.165) is 29.5 Å². The van der Waals surface area contributed by atoms with E-state index in [4.69, 9.17) is 4.52 Å². The number of hydrogen-bond donors (Lipinski definition) is 2. The Morgan fingerprint density at radius 2 is 2.17 bits per heavy atom. The first-order valence-corrected chi connectivity index (χ1v) is 6.17. The fraction of sp³-hybridized carbons (Fsp3) is 0.667. The van der Waals surface area contributed by atoms with Crippen molar-refractivity contribution >= 4 is 29.9 Å². The maximum absolute atomic E-state index is 5.12. The van der Waals surface area contributed by atoms with Gasteiger partial charge in [0, 0.05) is 18.2 Å². The summed E-state index contributed by atoms with van der Waals surface area (Å²) in [6.07, 6.45) is 2.49. The average molecular weight is 364 g/mol. The standard InChI is InChI=1S/C12H20N4O.HI/c1-4-13-12(15-10-5-6-10)14-7-11-8(2)16-17-9(11)3;/h10H,4-7H2,1-3H3,(H2,13,14,15);1H. The van der Waals surface area contributed by atoms with Gasteiger partial charge in [-0.2, -0.15) is 0 Å². The third-order valence-corrected chi connectivity index (χ3v) is 2.84. The molecular formula is C12H21IN4O. The quantitative estimate of drug-likeness (QED) is 0.488. The Hall–Kier alpha value is -0.790. The number of nitrogens with zero attached hydrogens (tertiary/aromatic N) is 2. The molecule has 6 heteroatoms. The van der Waals surface area contributed by atoms with Crippen LogP contribution in [0.5, 0.6) is 0 Å². The minimum absolute atomic E-state index is 0. The number of nitrogens with one attached hydrogen (secondary N) is 2. The predicted octanol–water partition coefficient (Wildman–Crippen LogP) is 2.13. The minimum Gasteiger partial charge on any atom is -0.361 e. The molecule has 0 unspecified atom stereocenters. The van der Waals surface area contributed by atoms with E-state index in [0.29, 0.717) is 12.6 Å². The molecule has 0 atom stereocenters. The van der Waals surface area contributed by atoms with Crippen LogP contribution in [0.15, 0.2) is 9.52 Å². The van der Waals surface area contributed by atoms with Gasteiger partial charge in [-0.1, -0.05) is 5.16 Å². The summed E-state index contributed by atoms with van der Waals surface area (Å²) in [7, 11) is 0. The summed E-state index contributed by atoms with van der Waals surface area (Å²) < 4.78 is 5.12. The summed E-state index contributed by atoms with van der Waals surface area (Å²) in [4.78, 5) is 4.55. The van der Waals surface area contributed by atoms with Gasteiger partial charge in [-0.05, 0) is 33.6 Å². The number of aromatic nitrogens is 1. The fourth-order valence-corrected chi connectivity index (χ4v) is 1.63. The molecule has 0 spiro atoms. The third kappa shape index (κ3) is 4.15. The molecule has 1 aromatic heterocycles. The van der Waals surface area contributed by atoms with Gasteiger partial charge < -0.3 is 15.2 Å². The van der Waals surface area contributed by atoms with E-state index in [2.05, 4.69) is 27.7 Å². The molecule has 1 fully saturated rings. The molecule has 1 aliphatic rings. The molecule has 1 saturated carbocycles. The van der Waals surface area contributed by atoms with Gasteiger partial charge in [-0.3, -0.25) is 0 Å². The molecular weight excluding hydrogens is 343 g/mol. The summed E-state index contributed by atoms with van der Waals surface area (Å²) in [5, 5.41) is 10.6. The number of halogens is 1. The highest BCUT2D eigenvalue weighted by Gasteiger charge is 2.22. The van der Waals surface area contributed by atoms with E-state index in [1.165, 1.54) is 12.8 Å². The second kappa shape index (κ2) is 6.96. The Bertz CT molecular complexity index is 393. The van der Waals surface area contributed by atoms with Gasteiger partial charge in [-0.15, -0.1) is 24.0 Å². The van der Waals surface area contributed by atoms with E-state index in [9.17, 15) is 0 Å². The molecule has 1 aliphatic carbocycles. The SMILES string of the molecule is CCNC(=NCc1c(C)noc1C)NC1CC1.I. The number of aryl methyl sites for hydroxylation is 2. The molecule has 1 heterocycles. The van der Waals surface area contributed by atoms with Crippen molar-refractivity contribution in [2.24, 2.45) is 4.99 Å². The Morgan fingerprint density at radius 1 is 1.44 bits per heavy atom. The lowest BCUT2D eigenvalue weighted by Crippen LogP contribution is -2.38. The maximum atomic E-state index is 5.12. The fourth-order valence-electron chi connectivity index (χ4n) is 1.63. The zero-order valence-corrected chi connectivity index (χ0v) is 13.4. The Morgan fingerprint density at radius 3 is 2.67 bits per heavy atom. The first-order valence-electron chi connectivity index (χ1n) is 6.17. The van der Waals surface area contributed by atoms with Crippen LogP contribution in [0.3, 0.4) is 0 Å². The van der Waals surface area contributed by atoms with Gasteiger partial charge in [0.25, 0.3) is 0 Å². The van der Waals surface area contributed by atoms with Gasteiger partial charge in [-0.25, -0.2) is 4.99 Å². The van der Waals surface area contributed by atoms with Crippen molar-refractivity contribution in [2.45, 2.75) is 46.2 Å². The van der Waals surface area contributed by atoms with E-state index in [1.807, 2.05) is 13.8 Å². The second-order valence-corrected chi connectivity index (χ2v) is 4.42. The Kier molecular flexibility index (Phi) is 5.90. The van der Waals surface area contributed by atoms with Crippen LogP contribution in [0.2, 0.25) is 0 Å². The summed E-state index contributed by atoms with van der Waals surface area (Å²) in [6.45, 7) is 7.43. The van der Waals surface area contributed by atoms with Gasteiger partial charge >= 0.3 is 0 Å². The van der Waals surface area contributed by atoms with Crippen LogP contribution >= 0.6 is 24.0 Å². The molecule has 5 nitrogen and oxygen atoms in total. The summed E-state index contributed by atoms with van der Waals surface area (Å²) in [5.74, 6) is 1.74. The average Bonchev–Trinajstić information content (AvgIpc) is 3.05. The molecule has 1 aromatic rings. The summed E-state index contributed by atoms with van der Waals surface area (Å²) in [6, 6.07) is 0.609. The van der Waals surface area contributed by atoms with Crippen LogP contribution in [0.1, 0.15) is 36.8 Å². The normalized spacial score (nSPS) is 15.2. The van der Waals surface area contributed by atoms with Crippen LogP contribution in [0.4, 0.5) is 0 Å². The monoisotopic (exact) mass is 364 g/mol. The molecule has 102 valence electrons. The van der Waals surface area contributed by atoms with E-state index in [1.54, 1.807) is 0 Å². The maximum Gasteiger partial charge on any atom is 0.191 e. The molecule has 0 bridgehead atoms. The van der Waals surface area contributed by atoms with Crippen molar-refractivity contribution in [2.75, 3.05) is 6.54 Å². The molecule has 2 N–H and O–H groups in total. The van der Waals surface area contributed by atoms with Gasteiger partial charge in [0.2, 0.25) is 0 Å². The first kappa shape index (κ1) is 15.3. The lowest BCUT2D eigenvalue weighted by molar-refractivity contribution is 0.392. The summed E-state index contributed by atoms with van der Waals surface area (Å²) >= 11 is 0. The van der Waals surface area contributed by atoms with Crippen LogP contribution in [0.25, 0.3) is 0 Å². The smallest absolute Gasteiger partial charge is 0.191 e. The van der Waals surface area contributed by atoms with Crippen LogP contribution in [-0.4, -0.2) is 23.7 Å². The van der Waals surface area contributed by atoms with Gasteiger partial charge in [0.15, 0.2) is 5.96 Å². The molecule has 0 radical (unpaired) electrons. The zero-order valence-electron chi connectivity index (χ0n) is 11.1. The highest BCUT2D eigenvalue weighted by atomic mass is 127. The van der Waals surface area contributed by atoms with E-state index >= 15 is 0 Å². The number of hydrogen-bond acceptors (Lipinski definition) is 3. The Labute approximate surface area is 125 Å². The molecule has 0 aromatic carbocycles. The van der Waals surface area contributed by atoms with Crippen LogP contribution in [-0.2, 0) is 6.54 Å². The number of guanidine groups is 1. The van der Waals surface area contributed by atoms with Crippen molar-refractivity contribution < 1.29 is 4.52 Å².